The predicted octanol–water partition coefficient (Wildman–Crippen LogP) is 4.01. The summed E-state index contributed by atoms with van der Waals surface area (Å²) in [4.78, 5) is 92.5. The fourth-order valence-electron chi connectivity index (χ4n) is 4.60. The number of amides is 3. The summed E-state index contributed by atoms with van der Waals surface area (Å²) in [5.41, 5.74) is -0.265. The van der Waals surface area contributed by atoms with Gasteiger partial charge in [0.25, 0.3) is 0 Å². The molecular formula is C43H66N6O12. The lowest BCUT2D eigenvalue weighted by molar-refractivity contribution is -0.140. The van der Waals surface area contributed by atoms with Gasteiger partial charge in [0, 0.05) is 37.3 Å². The van der Waals surface area contributed by atoms with Crippen LogP contribution in [0.1, 0.15) is 89.3 Å². The third-order valence-corrected chi connectivity index (χ3v) is 7.86. The molecule has 0 atom stereocenters. The van der Waals surface area contributed by atoms with Gasteiger partial charge in [-0.3, -0.25) is 14.4 Å². The maximum atomic E-state index is 12.2. The van der Waals surface area contributed by atoms with Gasteiger partial charge < -0.3 is 34.9 Å². The number of esters is 2. The smallest absolute Gasteiger partial charge is 0.339 e. The van der Waals surface area contributed by atoms with E-state index in [1.54, 1.807) is 13.8 Å². The Kier molecular flexibility index (Phi) is 26.8. The fraction of sp³-hybridized carbons (Fsp3) is 0.442. The largest absolute Gasteiger partial charge is 0.490 e. The summed E-state index contributed by atoms with van der Waals surface area (Å²) >= 11 is 0. The number of hydrogen-bond acceptors (Lipinski definition) is 12. The van der Waals surface area contributed by atoms with Crippen molar-refractivity contribution in [2.75, 3.05) is 26.4 Å². The zero-order valence-electron chi connectivity index (χ0n) is 33.2. The molecule has 0 saturated carbocycles. The summed E-state index contributed by atoms with van der Waals surface area (Å²) < 4.78 is 23.1. The van der Waals surface area contributed by atoms with Crippen LogP contribution in [0, 0.1) is 0 Å². The Hall–Kier alpha value is -6.72. The van der Waals surface area contributed by atoms with Crippen molar-refractivity contribution in [2.24, 2.45) is 0 Å². The second kappa shape index (κ2) is 27.9. The van der Waals surface area contributed by atoms with Gasteiger partial charge in [-0.05, 0) is 49.2 Å². The van der Waals surface area contributed by atoms with Crippen molar-refractivity contribution in [1.82, 2.24) is 29.7 Å². The Morgan fingerprint density at radius 1 is 0.508 bits per heavy atom. The lowest BCUT2D eigenvalue weighted by Gasteiger charge is -2.26. The zero-order chi connectivity index (χ0) is 42.9. The van der Waals surface area contributed by atoms with E-state index >= 15 is 0 Å². The van der Waals surface area contributed by atoms with Crippen molar-refractivity contribution in [3.05, 3.63) is 115 Å². The Bertz CT molecular complexity index is 1900. The molecule has 1 aromatic heterocycles. The monoisotopic (exact) mass is 858 g/mol. The minimum absolute atomic E-state index is 0. The predicted molar refractivity (Wildman–Crippen MR) is 235 cm³/mol. The van der Waals surface area contributed by atoms with Gasteiger partial charge in [-0.2, -0.15) is 0 Å². The molecule has 61 heavy (non-hydrogen) atoms. The summed E-state index contributed by atoms with van der Waals surface area (Å²) in [6, 6.07) is 15.7. The molecule has 3 aromatic rings. The first-order valence-corrected chi connectivity index (χ1v) is 17.6. The minimum Gasteiger partial charge on any atom is -0.490 e. The molecular weight excluding hydrogens is 793 g/mol. The average Bonchev–Trinajstić information content (AvgIpc) is 3.15. The van der Waals surface area contributed by atoms with E-state index in [-0.39, 0.29) is 61.5 Å². The van der Waals surface area contributed by atoms with Crippen molar-refractivity contribution >= 4 is 29.7 Å². The van der Waals surface area contributed by atoms with E-state index in [2.05, 4.69) is 43.0 Å². The van der Waals surface area contributed by atoms with E-state index in [4.69, 9.17) is 18.9 Å². The molecule has 0 aliphatic heterocycles. The van der Waals surface area contributed by atoms with Gasteiger partial charge >= 0.3 is 29.0 Å². The quantitative estimate of drug-likeness (QED) is 0.0938. The molecule has 340 valence electrons. The fourth-order valence-corrected chi connectivity index (χ4v) is 4.60. The summed E-state index contributed by atoms with van der Waals surface area (Å²) in [7, 11) is 0. The van der Waals surface area contributed by atoms with Gasteiger partial charge in [-0.15, -0.1) is 0 Å². The van der Waals surface area contributed by atoms with E-state index in [9.17, 15) is 38.4 Å². The molecule has 1 heterocycles. The van der Waals surface area contributed by atoms with E-state index in [0.29, 0.717) is 36.3 Å². The number of benzene rings is 2. The number of ether oxygens (including phenoxy) is 4. The summed E-state index contributed by atoms with van der Waals surface area (Å²) in [5, 5.41) is 6.80. The second-order valence-corrected chi connectivity index (χ2v) is 13.0. The van der Waals surface area contributed by atoms with Crippen LogP contribution in [0.25, 0.3) is 0 Å². The highest BCUT2D eigenvalue weighted by molar-refractivity contribution is 5.87. The standard InChI is InChI=1S/C27H32O6.C12H18N6O6.4CH4/c1-19(2)25(28)32-17-15-30-23-11-7-21(8-12-23)27(5,6)22-9-13-24(14-10-22)31-16-18-33-26(29)20(3)4;1-7(19)13-4-16-10(22)17(5-14-8(2)20)12(24)18(11(16)23)6-15-9(3)21;;;;/h7-14H,1,3,15-18H2,2,4-6H3;4-6H2,1-3H3,(H,13,19)(H,14,20)(H,15,21);4*1H4. The number of aromatic nitrogens is 3. The topological polar surface area (TPSA) is 224 Å². The lowest BCUT2D eigenvalue weighted by atomic mass is 9.78. The molecule has 0 fully saturated rings. The number of nitrogens with zero attached hydrogens (tertiary/aromatic N) is 3. The summed E-state index contributed by atoms with van der Waals surface area (Å²) in [6.07, 6.45) is 0. The van der Waals surface area contributed by atoms with Crippen molar-refractivity contribution in [2.45, 2.75) is 104 Å². The first-order valence-electron chi connectivity index (χ1n) is 17.6. The van der Waals surface area contributed by atoms with Crippen LogP contribution in [0.2, 0.25) is 0 Å². The molecule has 18 heteroatoms. The molecule has 0 radical (unpaired) electrons. The first kappa shape index (κ1) is 58.6. The molecule has 2 aromatic carbocycles. The SMILES string of the molecule is C.C.C.C.C=C(C)C(=O)OCCOc1ccc(C(C)(C)c2ccc(OCCOC(=O)C(=C)C)cc2)cc1.CC(=O)NCn1c(=O)n(CNC(C)=O)c(=O)n(CNC(C)=O)c1=O. The Balaban J connectivity index is -0.00000108. The van der Waals surface area contributed by atoms with Gasteiger partial charge in [-0.1, -0.05) is 81.0 Å². The Morgan fingerprint density at radius 3 is 1.00 bits per heavy atom. The third kappa shape index (κ3) is 18.8. The number of hydrogen-bond donors (Lipinski definition) is 3. The van der Waals surface area contributed by atoms with Crippen LogP contribution >= 0.6 is 0 Å². The van der Waals surface area contributed by atoms with Gasteiger partial charge in [-0.25, -0.2) is 37.7 Å². The molecule has 3 N–H and O–H groups in total. The first-order chi connectivity index (χ1) is 26.8. The summed E-state index contributed by atoms with van der Waals surface area (Å²) in [6.45, 7) is 17.6. The van der Waals surface area contributed by atoms with E-state index < -0.39 is 66.7 Å². The van der Waals surface area contributed by atoms with E-state index in [1.807, 2.05) is 48.5 Å². The van der Waals surface area contributed by atoms with Crippen LogP contribution in [0.3, 0.4) is 0 Å². The maximum Gasteiger partial charge on any atom is 0.339 e. The van der Waals surface area contributed by atoms with Crippen LogP contribution < -0.4 is 42.5 Å². The van der Waals surface area contributed by atoms with Crippen LogP contribution in [0.4, 0.5) is 0 Å². The molecule has 0 unspecified atom stereocenters. The number of carbonyl (C=O) groups excluding carboxylic acids is 5. The van der Waals surface area contributed by atoms with Crippen LogP contribution in [-0.4, -0.2) is 69.8 Å². The second-order valence-electron chi connectivity index (χ2n) is 13.0. The third-order valence-electron chi connectivity index (χ3n) is 7.86. The van der Waals surface area contributed by atoms with Crippen LogP contribution in [-0.2, 0) is 58.9 Å². The van der Waals surface area contributed by atoms with Gasteiger partial charge in [0.05, 0.1) is 0 Å². The maximum absolute atomic E-state index is 12.2. The van der Waals surface area contributed by atoms with Crippen LogP contribution in [0.15, 0.2) is 87.2 Å². The normalized spacial score (nSPS) is 9.82. The molecule has 18 nitrogen and oxygen atoms in total. The number of nitrogens with one attached hydrogen (secondary N) is 3. The van der Waals surface area contributed by atoms with Crippen molar-refractivity contribution in [1.29, 1.82) is 0 Å². The van der Waals surface area contributed by atoms with Crippen molar-refractivity contribution < 1.29 is 42.9 Å². The highest BCUT2D eigenvalue weighted by Crippen LogP contribution is 2.33. The van der Waals surface area contributed by atoms with Crippen LogP contribution in [0.5, 0.6) is 11.5 Å². The molecule has 0 saturated heterocycles. The van der Waals surface area contributed by atoms with Crippen molar-refractivity contribution in [3.63, 3.8) is 0 Å². The molecule has 3 rings (SSSR count). The molecule has 0 spiro atoms. The van der Waals surface area contributed by atoms with E-state index in [1.165, 1.54) is 20.8 Å². The Labute approximate surface area is 358 Å². The van der Waals surface area contributed by atoms with Gasteiger partial charge in [0.2, 0.25) is 17.7 Å². The number of carbonyl (C=O) groups is 5. The minimum atomic E-state index is -1.01. The lowest BCUT2D eigenvalue weighted by Crippen LogP contribution is -2.58. The van der Waals surface area contributed by atoms with E-state index in [0.717, 1.165) is 11.1 Å². The molecule has 0 aliphatic carbocycles. The van der Waals surface area contributed by atoms with Crippen molar-refractivity contribution in [3.8, 4) is 11.5 Å². The molecule has 0 bridgehead atoms. The van der Waals surface area contributed by atoms with Gasteiger partial charge in [0.15, 0.2) is 0 Å². The summed E-state index contributed by atoms with van der Waals surface area (Å²) in [5.74, 6) is -0.899. The highest BCUT2D eigenvalue weighted by atomic mass is 16.6. The highest BCUT2D eigenvalue weighted by Gasteiger charge is 2.23. The number of rotatable bonds is 18. The Morgan fingerprint density at radius 2 is 0.770 bits per heavy atom. The zero-order valence-corrected chi connectivity index (χ0v) is 33.2. The van der Waals surface area contributed by atoms with Gasteiger partial charge in [0.1, 0.15) is 57.9 Å². The average molecular weight is 859 g/mol. The molecule has 0 aliphatic rings. The molecule has 3 amide bonds.